The predicted molar refractivity (Wildman–Crippen MR) is 68.5 cm³/mol. The van der Waals surface area contributed by atoms with Gasteiger partial charge in [-0.25, -0.2) is 9.97 Å². The van der Waals surface area contributed by atoms with Crippen LogP contribution in [0, 0.1) is 0 Å². The van der Waals surface area contributed by atoms with Gasteiger partial charge in [-0.2, -0.15) is 0 Å². The van der Waals surface area contributed by atoms with E-state index in [2.05, 4.69) is 31.2 Å². The smallest absolute Gasteiger partial charge is 0.224 e. The van der Waals surface area contributed by atoms with E-state index < -0.39 is 0 Å². The number of nitrogens with one attached hydrogen (secondary N) is 1. The standard InChI is InChI=1S/C11H9BrClN3/c12-9-3-1-8(2-4-9)7-15-10-5-6-14-11(13)16-10/h1-6H,7H2,(H,14,15,16). The summed E-state index contributed by atoms with van der Waals surface area (Å²) in [5.41, 5.74) is 1.18. The molecular weight excluding hydrogens is 289 g/mol. The topological polar surface area (TPSA) is 37.8 Å². The van der Waals surface area contributed by atoms with Gasteiger partial charge < -0.3 is 5.32 Å². The molecule has 0 atom stereocenters. The second-order valence-electron chi connectivity index (χ2n) is 3.19. The average Bonchev–Trinajstić information content (AvgIpc) is 2.28. The highest BCUT2D eigenvalue weighted by Crippen LogP contribution is 2.12. The van der Waals surface area contributed by atoms with Crippen LogP contribution in [0.1, 0.15) is 5.56 Å². The lowest BCUT2D eigenvalue weighted by molar-refractivity contribution is 1.08. The molecule has 5 heteroatoms. The van der Waals surface area contributed by atoms with Gasteiger partial charge in [0.25, 0.3) is 0 Å². The molecule has 1 N–H and O–H groups in total. The molecule has 0 fully saturated rings. The third-order valence-electron chi connectivity index (χ3n) is 2.01. The van der Waals surface area contributed by atoms with E-state index in [9.17, 15) is 0 Å². The van der Waals surface area contributed by atoms with Crippen LogP contribution in [0.3, 0.4) is 0 Å². The van der Waals surface area contributed by atoms with Gasteiger partial charge in [0.2, 0.25) is 5.28 Å². The third kappa shape index (κ3) is 3.18. The molecule has 0 unspecified atom stereocenters. The lowest BCUT2D eigenvalue weighted by atomic mass is 10.2. The monoisotopic (exact) mass is 297 g/mol. The van der Waals surface area contributed by atoms with Crippen LogP contribution in [0.5, 0.6) is 0 Å². The summed E-state index contributed by atoms with van der Waals surface area (Å²) in [6.45, 7) is 0.709. The first-order valence-corrected chi connectivity index (χ1v) is 5.88. The lowest BCUT2D eigenvalue weighted by Crippen LogP contribution is -2.01. The van der Waals surface area contributed by atoms with Gasteiger partial charge >= 0.3 is 0 Å². The summed E-state index contributed by atoms with van der Waals surface area (Å²) in [4.78, 5) is 7.85. The minimum absolute atomic E-state index is 0.251. The first-order chi connectivity index (χ1) is 7.74. The van der Waals surface area contributed by atoms with E-state index in [1.807, 2.05) is 24.3 Å². The Bertz CT molecular complexity index is 473. The molecule has 0 bridgehead atoms. The number of nitrogens with zero attached hydrogens (tertiary/aromatic N) is 2. The molecule has 0 saturated heterocycles. The zero-order valence-corrected chi connectivity index (χ0v) is 10.7. The molecule has 0 amide bonds. The average molecular weight is 299 g/mol. The van der Waals surface area contributed by atoms with Crippen molar-refractivity contribution >= 4 is 33.3 Å². The van der Waals surface area contributed by atoms with Crippen molar-refractivity contribution < 1.29 is 0 Å². The van der Waals surface area contributed by atoms with E-state index in [0.29, 0.717) is 6.54 Å². The van der Waals surface area contributed by atoms with Crippen molar-refractivity contribution in [1.29, 1.82) is 0 Å². The summed E-state index contributed by atoms with van der Waals surface area (Å²) in [6.07, 6.45) is 1.62. The summed E-state index contributed by atoms with van der Waals surface area (Å²) in [7, 11) is 0. The quantitative estimate of drug-likeness (QED) is 0.881. The van der Waals surface area contributed by atoms with E-state index in [1.165, 1.54) is 5.56 Å². The second-order valence-corrected chi connectivity index (χ2v) is 4.44. The van der Waals surface area contributed by atoms with Gasteiger partial charge in [0, 0.05) is 17.2 Å². The highest BCUT2D eigenvalue weighted by Gasteiger charge is 1.97. The fourth-order valence-electron chi connectivity index (χ4n) is 1.23. The van der Waals surface area contributed by atoms with E-state index in [4.69, 9.17) is 11.6 Å². The van der Waals surface area contributed by atoms with Gasteiger partial charge in [0.05, 0.1) is 0 Å². The van der Waals surface area contributed by atoms with Crippen LogP contribution in [0.15, 0.2) is 41.0 Å². The SMILES string of the molecule is Clc1nccc(NCc2ccc(Br)cc2)n1. The maximum Gasteiger partial charge on any atom is 0.224 e. The molecule has 0 saturated carbocycles. The highest BCUT2D eigenvalue weighted by atomic mass is 79.9. The molecule has 0 aliphatic heterocycles. The van der Waals surface area contributed by atoms with Crippen LogP contribution in [0.2, 0.25) is 5.28 Å². The van der Waals surface area contributed by atoms with Gasteiger partial charge in [-0.1, -0.05) is 28.1 Å². The third-order valence-corrected chi connectivity index (χ3v) is 2.72. The van der Waals surface area contributed by atoms with Gasteiger partial charge in [0.1, 0.15) is 5.82 Å². The Labute approximate surface area is 107 Å². The van der Waals surface area contributed by atoms with Crippen LogP contribution in [-0.4, -0.2) is 9.97 Å². The minimum atomic E-state index is 0.251. The number of halogens is 2. The molecule has 82 valence electrons. The first kappa shape index (κ1) is 11.4. The maximum absolute atomic E-state index is 5.68. The van der Waals surface area contributed by atoms with Crippen molar-refractivity contribution in [3.63, 3.8) is 0 Å². The maximum atomic E-state index is 5.68. The molecule has 0 radical (unpaired) electrons. The Morgan fingerprint density at radius 1 is 1.19 bits per heavy atom. The number of aromatic nitrogens is 2. The Hall–Kier alpha value is -1.13. The van der Waals surface area contributed by atoms with Crippen LogP contribution >= 0.6 is 27.5 Å². The van der Waals surface area contributed by atoms with E-state index >= 15 is 0 Å². The van der Waals surface area contributed by atoms with Gasteiger partial charge in [-0.05, 0) is 35.4 Å². The summed E-state index contributed by atoms with van der Waals surface area (Å²) >= 11 is 9.07. The summed E-state index contributed by atoms with van der Waals surface area (Å²) in [5, 5.41) is 3.42. The predicted octanol–water partition coefficient (Wildman–Crippen LogP) is 3.50. The molecular formula is C11H9BrClN3. The second kappa shape index (κ2) is 5.27. The van der Waals surface area contributed by atoms with Crippen molar-refractivity contribution in [2.24, 2.45) is 0 Å². The summed E-state index contributed by atoms with van der Waals surface area (Å²) in [5.74, 6) is 0.725. The zero-order valence-electron chi connectivity index (χ0n) is 8.32. The molecule has 2 aromatic rings. The first-order valence-electron chi connectivity index (χ1n) is 4.71. The van der Waals surface area contributed by atoms with E-state index in [1.54, 1.807) is 12.3 Å². The number of anilines is 1. The molecule has 0 aliphatic carbocycles. The fraction of sp³-hybridized carbons (Fsp3) is 0.0909. The normalized spacial score (nSPS) is 10.1. The Morgan fingerprint density at radius 3 is 2.62 bits per heavy atom. The Morgan fingerprint density at radius 2 is 1.94 bits per heavy atom. The van der Waals surface area contributed by atoms with E-state index in [-0.39, 0.29) is 5.28 Å². The van der Waals surface area contributed by atoms with Crippen LogP contribution < -0.4 is 5.32 Å². The lowest BCUT2D eigenvalue weighted by Gasteiger charge is -2.05. The van der Waals surface area contributed by atoms with Crippen molar-refractivity contribution in [3.05, 3.63) is 51.8 Å². The minimum Gasteiger partial charge on any atom is -0.366 e. The van der Waals surface area contributed by atoms with Crippen molar-refractivity contribution in [3.8, 4) is 0 Å². The molecule has 3 nitrogen and oxygen atoms in total. The molecule has 1 aromatic heterocycles. The Kier molecular flexibility index (Phi) is 3.74. The van der Waals surface area contributed by atoms with Crippen LogP contribution in [0.4, 0.5) is 5.82 Å². The van der Waals surface area contributed by atoms with Crippen molar-refractivity contribution in [2.45, 2.75) is 6.54 Å². The van der Waals surface area contributed by atoms with Crippen molar-refractivity contribution in [2.75, 3.05) is 5.32 Å². The number of hydrogen-bond donors (Lipinski definition) is 1. The zero-order chi connectivity index (χ0) is 11.4. The fourth-order valence-corrected chi connectivity index (χ4v) is 1.64. The summed E-state index contributed by atoms with van der Waals surface area (Å²) < 4.78 is 1.07. The Balaban J connectivity index is 1.99. The largest absolute Gasteiger partial charge is 0.366 e. The van der Waals surface area contributed by atoms with Crippen LogP contribution in [-0.2, 0) is 6.54 Å². The number of benzene rings is 1. The number of hydrogen-bond acceptors (Lipinski definition) is 3. The van der Waals surface area contributed by atoms with Gasteiger partial charge in [-0.3, -0.25) is 0 Å². The van der Waals surface area contributed by atoms with Gasteiger partial charge in [0.15, 0.2) is 0 Å². The van der Waals surface area contributed by atoms with Crippen molar-refractivity contribution in [1.82, 2.24) is 9.97 Å². The highest BCUT2D eigenvalue weighted by molar-refractivity contribution is 9.10. The molecule has 2 rings (SSSR count). The van der Waals surface area contributed by atoms with E-state index in [0.717, 1.165) is 10.3 Å². The summed E-state index contributed by atoms with van der Waals surface area (Å²) in [6, 6.07) is 9.87. The van der Waals surface area contributed by atoms with Gasteiger partial charge in [-0.15, -0.1) is 0 Å². The molecule has 1 heterocycles. The molecule has 1 aromatic carbocycles. The van der Waals surface area contributed by atoms with Crippen LogP contribution in [0.25, 0.3) is 0 Å². The number of rotatable bonds is 3. The molecule has 0 aliphatic rings. The molecule has 16 heavy (non-hydrogen) atoms. The molecule has 0 spiro atoms.